The Morgan fingerprint density at radius 3 is 2.46 bits per heavy atom. The fourth-order valence-electron chi connectivity index (χ4n) is 1.14. The van der Waals surface area contributed by atoms with Crippen molar-refractivity contribution in [3.05, 3.63) is 9.98 Å². The maximum absolute atomic E-state index is 11.3. The molecule has 13 heavy (non-hydrogen) atoms. The number of anilines is 1. The van der Waals surface area contributed by atoms with E-state index in [0.717, 1.165) is 8.69 Å². The van der Waals surface area contributed by atoms with Gasteiger partial charge in [0.25, 0.3) is 0 Å². The first kappa shape index (κ1) is 8.83. The second-order valence-corrected chi connectivity index (χ2v) is 4.96. The van der Waals surface area contributed by atoms with Crippen LogP contribution in [-0.2, 0) is 9.59 Å². The Kier molecular flexibility index (Phi) is 2.17. The summed E-state index contributed by atoms with van der Waals surface area (Å²) in [4.78, 5) is 27.6. The number of hydrogen-bond donors (Lipinski definition) is 0. The molecule has 0 N–H and O–H groups in total. The Morgan fingerprint density at radius 2 is 2.00 bits per heavy atom. The largest absolute Gasteiger partial charge is 0.274 e. The summed E-state index contributed by atoms with van der Waals surface area (Å²) in [6, 6.07) is 0. The van der Waals surface area contributed by atoms with Crippen LogP contribution >= 0.6 is 27.3 Å². The van der Waals surface area contributed by atoms with E-state index in [1.165, 1.54) is 11.3 Å². The van der Waals surface area contributed by atoms with Gasteiger partial charge in [-0.1, -0.05) is 11.3 Å². The van der Waals surface area contributed by atoms with Gasteiger partial charge in [-0.05, 0) is 15.9 Å². The summed E-state index contributed by atoms with van der Waals surface area (Å²) in [5, 5.41) is 0.458. The molecule has 0 bridgehead atoms. The third-order valence-electron chi connectivity index (χ3n) is 1.71. The van der Waals surface area contributed by atoms with Crippen molar-refractivity contribution in [3.8, 4) is 0 Å². The zero-order valence-corrected chi connectivity index (χ0v) is 8.89. The van der Waals surface area contributed by atoms with Crippen LogP contribution in [0.15, 0.2) is 9.98 Å². The van der Waals surface area contributed by atoms with Crippen molar-refractivity contribution in [2.24, 2.45) is 0 Å². The molecule has 0 radical (unpaired) electrons. The maximum atomic E-state index is 11.3. The van der Waals surface area contributed by atoms with Crippen LogP contribution in [0.5, 0.6) is 0 Å². The highest BCUT2D eigenvalue weighted by Crippen LogP contribution is 2.29. The van der Waals surface area contributed by atoms with Crippen LogP contribution in [0.25, 0.3) is 0 Å². The van der Waals surface area contributed by atoms with Gasteiger partial charge in [-0.15, -0.1) is 0 Å². The van der Waals surface area contributed by atoms with Gasteiger partial charge in [-0.25, -0.2) is 9.88 Å². The number of aromatic nitrogens is 1. The summed E-state index contributed by atoms with van der Waals surface area (Å²) in [6.45, 7) is 0. The molecule has 1 aromatic rings. The molecule has 1 aliphatic rings. The average molecular weight is 261 g/mol. The van der Waals surface area contributed by atoms with Crippen molar-refractivity contribution in [2.45, 2.75) is 12.8 Å². The van der Waals surface area contributed by atoms with Gasteiger partial charge in [-0.2, -0.15) is 0 Å². The Morgan fingerprint density at radius 1 is 1.38 bits per heavy atom. The van der Waals surface area contributed by atoms with E-state index >= 15 is 0 Å². The minimum Gasteiger partial charge on any atom is -0.274 e. The van der Waals surface area contributed by atoms with E-state index in [1.54, 1.807) is 6.20 Å². The third-order valence-corrected chi connectivity index (χ3v) is 3.17. The van der Waals surface area contributed by atoms with Crippen molar-refractivity contribution in [3.63, 3.8) is 0 Å². The summed E-state index contributed by atoms with van der Waals surface area (Å²) in [6.07, 6.45) is 2.19. The van der Waals surface area contributed by atoms with Crippen LogP contribution < -0.4 is 4.90 Å². The van der Waals surface area contributed by atoms with Crippen LogP contribution in [0.1, 0.15) is 12.8 Å². The molecule has 2 rings (SSSR count). The van der Waals surface area contributed by atoms with Crippen molar-refractivity contribution >= 4 is 44.2 Å². The predicted molar refractivity (Wildman–Crippen MR) is 51.5 cm³/mol. The first-order valence-corrected chi connectivity index (χ1v) is 5.26. The number of halogens is 1. The highest BCUT2D eigenvalue weighted by atomic mass is 79.9. The third kappa shape index (κ3) is 1.51. The number of carbonyl (C=O) groups is 2. The number of hydrogen-bond acceptors (Lipinski definition) is 4. The summed E-state index contributed by atoms with van der Waals surface area (Å²) < 4.78 is 0.815. The lowest BCUT2D eigenvalue weighted by atomic mass is 10.4. The highest BCUT2D eigenvalue weighted by Gasteiger charge is 2.32. The van der Waals surface area contributed by atoms with Crippen LogP contribution in [0.2, 0.25) is 0 Å². The number of thiazole rings is 1. The van der Waals surface area contributed by atoms with Gasteiger partial charge in [-0.3, -0.25) is 9.59 Å². The molecule has 2 heterocycles. The van der Waals surface area contributed by atoms with E-state index in [2.05, 4.69) is 20.9 Å². The van der Waals surface area contributed by atoms with E-state index in [9.17, 15) is 9.59 Å². The fraction of sp³-hybridized carbons (Fsp3) is 0.286. The van der Waals surface area contributed by atoms with Crippen molar-refractivity contribution in [2.75, 3.05) is 4.90 Å². The average Bonchev–Trinajstić information content (AvgIpc) is 2.60. The zero-order valence-electron chi connectivity index (χ0n) is 6.49. The molecule has 0 saturated carbocycles. The number of amides is 2. The van der Waals surface area contributed by atoms with E-state index in [1.807, 2.05) is 0 Å². The van der Waals surface area contributed by atoms with Crippen molar-refractivity contribution < 1.29 is 9.59 Å². The van der Waals surface area contributed by atoms with Crippen LogP contribution in [0.3, 0.4) is 0 Å². The molecular weight excluding hydrogens is 256 g/mol. The SMILES string of the molecule is O=C1CCC(=O)N1c1ncc(Br)s1. The molecule has 4 nitrogen and oxygen atoms in total. The van der Waals surface area contributed by atoms with Gasteiger partial charge in [0.2, 0.25) is 11.8 Å². The summed E-state index contributed by atoms with van der Waals surface area (Å²) in [7, 11) is 0. The molecule has 0 aromatic carbocycles. The second kappa shape index (κ2) is 3.19. The van der Waals surface area contributed by atoms with E-state index < -0.39 is 0 Å². The first-order valence-electron chi connectivity index (χ1n) is 3.65. The quantitative estimate of drug-likeness (QED) is 0.721. The molecule has 0 unspecified atom stereocenters. The number of nitrogens with zero attached hydrogens (tertiary/aromatic N) is 2. The topological polar surface area (TPSA) is 50.3 Å². The molecule has 0 atom stereocenters. The summed E-state index contributed by atoms with van der Waals surface area (Å²) in [5.41, 5.74) is 0. The molecule has 0 spiro atoms. The van der Waals surface area contributed by atoms with Crippen LogP contribution in [0, 0.1) is 0 Å². The number of carbonyl (C=O) groups excluding carboxylic acids is 2. The lowest BCUT2D eigenvalue weighted by molar-refractivity contribution is -0.121. The predicted octanol–water partition coefficient (Wildman–Crippen LogP) is 1.56. The molecule has 1 aromatic heterocycles. The minimum absolute atomic E-state index is 0.160. The van der Waals surface area contributed by atoms with Gasteiger partial charge in [0, 0.05) is 12.8 Å². The molecule has 0 aliphatic carbocycles. The number of rotatable bonds is 1. The molecule has 1 fully saturated rings. The maximum Gasteiger partial charge on any atom is 0.236 e. The lowest BCUT2D eigenvalue weighted by Crippen LogP contribution is -2.28. The van der Waals surface area contributed by atoms with Crippen LogP contribution in [0.4, 0.5) is 5.13 Å². The molecular formula is C7H5BrN2O2S. The lowest BCUT2D eigenvalue weighted by Gasteiger charge is -2.07. The Balaban J connectivity index is 2.35. The second-order valence-electron chi connectivity index (χ2n) is 2.57. The van der Waals surface area contributed by atoms with Crippen LogP contribution in [-0.4, -0.2) is 16.8 Å². The van der Waals surface area contributed by atoms with Gasteiger partial charge < -0.3 is 0 Å². The van der Waals surface area contributed by atoms with E-state index in [0.29, 0.717) is 18.0 Å². The van der Waals surface area contributed by atoms with Gasteiger partial charge >= 0.3 is 0 Å². The van der Waals surface area contributed by atoms with E-state index in [-0.39, 0.29) is 11.8 Å². The summed E-state index contributed by atoms with van der Waals surface area (Å²) >= 11 is 4.51. The highest BCUT2D eigenvalue weighted by molar-refractivity contribution is 9.11. The van der Waals surface area contributed by atoms with Crippen molar-refractivity contribution in [1.82, 2.24) is 4.98 Å². The number of imide groups is 1. The van der Waals surface area contributed by atoms with E-state index in [4.69, 9.17) is 0 Å². The van der Waals surface area contributed by atoms with Gasteiger partial charge in [0.15, 0.2) is 5.13 Å². The van der Waals surface area contributed by atoms with Crippen molar-refractivity contribution in [1.29, 1.82) is 0 Å². The van der Waals surface area contributed by atoms with Gasteiger partial charge in [0.05, 0.1) is 9.98 Å². The zero-order chi connectivity index (χ0) is 9.42. The smallest absolute Gasteiger partial charge is 0.236 e. The minimum atomic E-state index is -0.160. The molecule has 1 aliphatic heterocycles. The Labute approximate surface area is 86.7 Å². The molecule has 68 valence electrons. The standard InChI is InChI=1S/C7H5BrN2O2S/c8-4-3-9-7(13-4)10-5(11)1-2-6(10)12/h3H,1-2H2. The molecule has 1 saturated heterocycles. The normalized spacial score (nSPS) is 17.2. The van der Waals surface area contributed by atoms with Gasteiger partial charge in [0.1, 0.15) is 0 Å². The Bertz CT molecular complexity index is 360. The molecule has 2 amide bonds. The fourth-order valence-corrected chi connectivity index (χ4v) is 2.36. The first-order chi connectivity index (χ1) is 6.18. The summed E-state index contributed by atoms with van der Waals surface area (Å²) in [5.74, 6) is -0.321. The Hall–Kier alpha value is -0.750. The molecule has 6 heteroatoms. The monoisotopic (exact) mass is 260 g/mol.